The number of carbonyl (C=O) groups excluding carboxylic acids is 1. The maximum Gasteiger partial charge on any atom is 0.261 e. The SMILES string of the molecule is CCc1cccc(CNCC(O)C(Cc2cc(F)cc(F)c2)NC(=O)c2cc3cnccc3s2)c1. The van der Waals surface area contributed by atoms with Gasteiger partial charge in [0.2, 0.25) is 0 Å². The molecule has 3 N–H and O–H groups in total. The molecule has 4 aromatic rings. The minimum Gasteiger partial charge on any atom is -0.390 e. The minimum absolute atomic E-state index is 0.0705. The number of amides is 1. The van der Waals surface area contributed by atoms with Gasteiger partial charge in [-0.15, -0.1) is 11.3 Å². The molecule has 8 heteroatoms. The zero-order chi connectivity index (χ0) is 24.8. The number of nitrogens with zero attached hydrogens (tertiary/aromatic N) is 1. The standard InChI is InChI=1S/C27H27F2N3O2S/c1-2-17-4-3-5-18(8-17)14-31-16-24(33)23(11-19-9-21(28)13-22(29)10-19)32-27(34)26-12-20-15-30-7-6-25(20)35-26/h3-10,12-13,15,23-24,31,33H,2,11,14,16H2,1H3,(H,32,34). The van der Waals surface area contributed by atoms with E-state index in [2.05, 4.69) is 34.7 Å². The summed E-state index contributed by atoms with van der Waals surface area (Å²) in [7, 11) is 0. The lowest BCUT2D eigenvalue weighted by atomic mass is 10.0. The normalized spacial score (nSPS) is 13.0. The quantitative estimate of drug-likeness (QED) is 0.300. The van der Waals surface area contributed by atoms with Crippen LogP contribution in [0.5, 0.6) is 0 Å². The fourth-order valence-electron chi connectivity index (χ4n) is 3.97. The van der Waals surface area contributed by atoms with Gasteiger partial charge in [0.05, 0.1) is 17.0 Å². The first kappa shape index (κ1) is 24.9. The summed E-state index contributed by atoms with van der Waals surface area (Å²) in [6, 6.07) is 14.2. The number of aryl methyl sites for hydroxylation is 1. The summed E-state index contributed by atoms with van der Waals surface area (Å²) in [6.07, 6.45) is 3.36. The third-order valence-corrected chi connectivity index (χ3v) is 6.90. The van der Waals surface area contributed by atoms with E-state index in [4.69, 9.17) is 0 Å². The molecule has 0 fully saturated rings. The maximum atomic E-state index is 13.8. The summed E-state index contributed by atoms with van der Waals surface area (Å²) in [5.74, 6) is -1.77. The average molecular weight is 496 g/mol. The molecular formula is C27H27F2N3O2S. The Labute approximate surface area is 206 Å². The number of benzene rings is 2. The lowest BCUT2D eigenvalue weighted by Crippen LogP contribution is -2.48. The molecule has 1 amide bonds. The Morgan fingerprint density at radius 2 is 1.83 bits per heavy atom. The van der Waals surface area contributed by atoms with Crippen LogP contribution in [0.2, 0.25) is 0 Å². The van der Waals surface area contributed by atoms with Gasteiger partial charge in [0.15, 0.2) is 0 Å². The van der Waals surface area contributed by atoms with E-state index in [1.165, 1.54) is 29.0 Å². The van der Waals surface area contributed by atoms with Crippen molar-refractivity contribution < 1.29 is 18.7 Å². The van der Waals surface area contributed by atoms with Gasteiger partial charge in [-0.05, 0) is 53.8 Å². The van der Waals surface area contributed by atoms with Crippen LogP contribution in [0, 0.1) is 11.6 Å². The van der Waals surface area contributed by atoms with Gasteiger partial charge in [0.25, 0.3) is 5.91 Å². The highest BCUT2D eigenvalue weighted by molar-refractivity contribution is 7.20. The second-order valence-corrected chi connectivity index (χ2v) is 9.54. The van der Waals surface area contributed by atoms with Crippen molar-refractivity contribution in [1.29, 1.82) is 0 Å². The van der Waals surface area contributed by atoms with Crippen molar-refractivity contribution in [2.24, 2.45) is 0 Å². The fourth-order valence-corrected chi connectivity index (χ4v) is 4.90. The maximum absolute atomic E-state index is 13.8. The van der Waals surface area contributed by atoms with Gasteiger partial charge in [-0.1, -0.05) is 31.2 Å². The predicted octanol–water partition coefficient (Wildman–Crippen LogP) is 4.63. The molecule has 4 rings (SSSR count). The molecular weight excluding hydrogens is 468 g/mol. The first-order valence-corrected chi connectivity index (χ1v) is 12.3. The van der Waals surface area contributed by atoms with Gasteiger partial charge in [0.1, 0.15) is 11.6 Å². The van der Waals surface area contributed by atoms with Crippen molar-refractivity contribution in [3.8, 4) is 0 Å². The summed E-state index contributed by atoms with van der Waals surface area (Å²) < 4.78 is 28.5. The van der Waals surface area contributed by atoms with Crippen LogP contribution < -0.4 is 10.6 Å². The molecule has 0 saturated heterocycles. The number of aromatic nitrogens is 1. The van der Waals surface area contributed by atoms with Crippen LogP contribution in [0.1, 0.15) is 33.3 Å². The Hall–Kier alpha value is -3.20. The number of nitrogens with one attached hydrogen (secondary N) is 2. The number of carbonyl (C=O) groups is 1. The molecule has 0 aliphatic rings. The number of hydrogen-bond donors (Lipinski definition) is 3. The monoisotopic (exact) mass is 495 g/mol. The highest BCUT2D eigenvalue weighted by atomic mass is 32.1. The molecule has 182 valence electrons. The van der Waals surface area contributed by atoms with Gasteiger partial charge < -0.3 is 15.7 Å². The minimum atomic E-state index is -0.990. The predicted molar refractivity (Wildman–Crippen MR) is 134 cm³/mol. The Morgan fingerprint density at radius 1 is 1.06 bits per heavy atom. The first-order chi connectivity index (χ1) is 16.9. The first-order valence-electron chi connectivity index (χ1n) is 11.5. The zero-order valence-corrected chi connectivity index (χ0v) is 20.1. The van der Waals surface area contributed by atoms with Crippen molar-refractivity contribution >= 4 is 27.3 Å². The fraction of sp³-hybridized carbons (Fsp3) is 0.259. The molecule has 0 saturated carbocycles. The van der Waals surface area contributed by atoms with E-state index >= 15 is 0 Å². The topological polar surface area (TPSA) is 74.2 Å². The largest absolute Gasteiger partial charge is 0.390 e. The van der Waals surface area contributed by atoms with Crippen LogP contribution in [0.15, 0.2) is 67.0 Å². The Kier molecular flexibility index (Phi) is 8.17. The molecule has 2 atom stereocenters. The number of halogens is 2. The van der Waals surface area contributed by atoms with E-state index in [0.717, 1.165) is 28.1 Å². The van der Waals surface area contributed by atoms with E-state index in [-0.39, 0.29) is 18.9 Å². The van der Waals surface area contributed by atoms with Gasteiger partial charge in [-0.25, -0.2) is 8.78 Å². The smallest absolute Gasteiger partial charge is 0.261 e. The number of aliphatic hydroxyl groups is 1. The summed E-state index contributed by atoms with van der Waals surface area (Å²) in [5, 5.41) is 17.9. The second-order valence-electron chi connectivity index (χ2n) is 8.46. The molecule has 0 radical (unpaired) electrons. The third-order valence-electron chi connectivity index (χ3n) is 5.78. The lowest BCUT2D eigenvalue weighted by Gasteiger charge is -2.25. The molecule has 0 aliphatic heterocycles. The van der Waals surface area contributed by atoms with Gasteiger partial charge in [-0.3, -0.25) is 9.78 Å². The van der Waals surface area contributed by atoms with Crippen molar-refractivity contribution in [2.45, 2.75) is 38.5 Å². The van der Waals surface area contributed by atoms with Crippen LogP contribution in [0.25, 0.3) is 10.1 Å². The number of hydrogen-bond acceptors (Lipinski definition) is 5. The van der Waals surface area contributed by atoms with Crippen LogP contribution in [-0.4, -0.2) is 34.7 Å². The van der Waals surface area contributed by atoms with E-state index < -0.39 is 23.8 Å². The summed E-state index contributed by atoms with van der Waals surface area (Å²) >= 11 is 1.32. The Balaban J connectivity index is 1.47. The van der Waals surface area contributed by atoms with E-state index in [0.29, 0.717) is 17.0 Å². The van der Waals surface area contributed by atoms with Crippen molar-refractivity contribution in [1.82, 2.24) is 15.6 Å². The van der Waals surface area contributed by atoms with Crippen LogP contribution in [0.4, 0.5) is 8.78 Å². The van der Waals surface area contributed by atoms with Crippen molar-refractivity contribution in [3.63, 3.8) is 0 Å². The van der Waals surface area contributed by atoms with E-state index in [1.807, 2.05) is 18.2 Å². The van der Waals surface area contributed by atoms with Crippen molar-refractivity contribution in [3.05, 3.63) is 100 Å². The molecule has 2 unspecified atom stereocenters. The third kappa shape index (κ3) is 6.69. The zero-order valence-electron chi connectivity index (χ0n) is 19.3. The summed E-state index contributed by atoms with van der Waals surface area (Å²) in [4.78, 5) is 17.6. The van der Waals surface area contributed by atoms with Gasteiger partial charge >= 0.3 is 0 Å². The second kappa shape index (κ2) is 11.5. The molecule has 2 heterocycles. The molecule has 0 spiro atoms. The van der Waals surface area contributed by atoms with Gasteiger partial charge in [0, 0.05) is 41.6 Å². The van der Waals surface area contributed by atoms with Gasteiger partial charge in [-0.2, -0.15) is 0 Å². The Morgan fingerprint density at radius 3 is 2.57 bits per heavy atom. The average Bonchev–Trinajstić information content (AvgIpc) is 3.28. The van der Waals surface area contributed by atoms with Crippen LogP contribution in [0.3, 0.4) is 0 Å². The lowest BCUT2D eigenvalue weighted by molar-refractivity contribution is 0.0833. The highest BCUT2D eigenvalue weighted by Gasteiger charge is 2.24. The number of fused-ring (bicyclic) bond motifs is 1. The molecule has 5 nitrogen and oxygen atoms in total. The number of rotatable bonds is 10. The highest BCUT2D eigenvalue weighted by Crippen LogP contribution is 2.24. The molecule has 0 aliphatic carbocycles. The van der Waals surface area contributed by atoms with Crippen LogP contribution in [-0.2, 0) is 19.4 Å². The molecule has 35 heavy (non-hydrogen) atoms. The number of pyridine rings is 1. The van der Waals surface area contributed by atoms with Crippen molar-refractivity contribution in [2.75, 3.05) is 6.54 Å². The molecule has 2 aromatic heterocycles. The van der Waals surface area contributed by atoms with Crippen LogP contribution >= 0.6 is 11.3 Å². The molecule has 2 aromatic carbocycles. The summed E-state index contributed by atoms with van der Waals surface area (Å²) in [6.45, 7) is 2.82. The summed E-state index contributed by atoms with van der Waals surface area (Å²) in [5.41, 5.74) is 2.66. The number of thiophene rings is 1. The van der Waals surface area contributed by atoms with E-state index in [9.17, 15) is 18.7 Å². The molecule has 0 bridgehead atoms. The Bertz CT molecular complexity index is 1260. The number of aliphatic hydroxyl groups excluding tert-OH is 1. The van der Waals surface area contributed by atoms with E-state index in [1.54, 1.807) is 18.5 Å².